The molecule has 0 bridgehead atoms. The Morgan fingerprint density at radius 3 is 2.50 bits per heavy atom. The van der Waals surface area contributed by atoms with Gasteiger partial charge in [-0.1, -0.05) is 35.9 Å². The van der Waals surface area contributed by atoms with Crippen LogP contribution in [-0.2, 0) is 16.6 Å². The first-order chi connectivity index (χ1) is 12.1. The molecule has 2 atom stereocenters. The lowest BCUT2D eigenvalue weighted by Gasteiger charge is -2.18. The monoisotopic (exact) mass is 392 g/mol. The highest BCUT2D eigenvalue weighted by atomic mass is 35.5. The lowest BCUT2D eigenvalue weighted by molar-refractivity contribution is 0.249. The molecule has 0 saturated heterocycles. The molecule has 2 unspecified atom stereocenters. The van der Waals surface area contributed by atoms with Gasteiger partial charge in [-0.15, -0.1) is 0 Å². The van der Waals surface area contributed by atoms with Crippen molar-refractivity contribution in [3.63, 3.8) is 0 Å². The van der Waals surface area contributed by atoms with Gasteiger partial charge in [-0.3, -0.25) is 4.21 Å². The van der Waals surface area contributed by atoms with Crippen molar-refractivity contribution in [1.29, 1.82) is 0 Å². The van der Waals surface area contributed by atoms with Crippen molar-refractivity contribution in [3.05, 3.63) is 64.7 Å². The lowest BCUT2D eigenvalue weighted by atomic mass is 10.1. The van der Waals surface area contributed by atoms with Gasteiger partial charge in [0.05, 0.1) is 6.04 Å². The highest BCUT2D eigenvalue weighted by molar-refractivity contribution is 7.85. The normalized spacial score (nSPS) is 13.7. The number of rotatable bonds is 5. The molecule has 2 aromatic rings. The van der Waals surface area contributed by atoms with E-state index in [0.29, 0.717) is 16.5 Å². The summed E-state index contributed by atoms with van der Waals surface area (Å²) in [6, 6.07) is 14.4. The van der Waals surface area contributed by atoms with Crippen LogP contribution in [0.5, 0.6) is 0 Å². The van der Waals surface area contributed by atoms with E-state index in [1.54, 1.807) is 6.07 Å². The quantitative estimate of drug-likeness (QED) is 0.728. The molecule has 26 heavy (non-hydrogen) atoms. The number of amides is 2. The molecule has 0 aliphatic carbocycles. The van der Waals surface area contributed by atoms with Crippen LogP contribution in [-0.4, -0.2) is 15.0 Å². The molecular formula is C20H25ClN2O2S. The summed E-state index contributed by atoms with van der Waals surface area (Å²) in [5.74, 6) is 0.458. The molecule has 2 rings (SSSR count). The third-order valence-electron chi connectivity index (χ3n) is 3.86. The summed E-state index contributed by atoms with van der Waals surface area (Å²) in [6.07, 6.45) is 0. The highest BCUT2D eigenvalue weighted by Crippen LogP contribution is 2.20. The van der Waals surface area contributed by atoms with Crippen LogP contribution in [0.25, 0.3) is 0 Å². The highest BCUT2D eigenvalue weighted by Gasteiger charge is 2.19. The first kappa shape index (κ1) is 20.5. The Balaban J connectivity index is 1.98. The Hall–Kier alpha value is -1.85. The number of hydrogen-bond acceptors (Lipinski definition) is 2. The van der Waals surface area contributed by atoms with E-state index in [1.165, 1.54) is 0 Å². The van der Waals surface area contributed by atoms with Gasteiger partial charge >= 0.3 is 6.03 Å². The first-order valence-electron chi connectivity index (χ1n) is 8.45. The second-order valence-corrected chi connectivity index (χ2v) is 9.82. The standard InChI is InChI=1S/C20H25ClN2O2S/c1-14(16-8-6-9-17(21)12-16)22-19(24)23-18-10-5-7-15(11-18)13-26(25)20(2,3)4/h5-12,14H,13H2,1-4H3,(H2,22,23,24). The summed E-state index contributed by atoms with van der Waals surface area (Å²) in [5, 5.41) is 6.35. The molecule has 0 fully saturated rings. The SMILES string of the molecule is CC(NC(=O)Nc1cccc(CS(=O)C(C)(C)C)c1)c1cccc(Cl)c1. The van der Waals surface area contributed by atoms with E-state index in [0.717, 1.165) is 11.1 Å². The van der Waals surface area contributed by atoms with Crippen molar-refractivity contribution in [3.8, 4) is 0 Å². The maximum absolute atomic E-state index is 12.3. The van der Waals surface area contributed by atoms with Crippen LogP contribution in [0.4, 0.5) is 10.5 Å². The van der Waals surface area contributed by atoms with E-state index >= 15 is 0 Å². The number of urea groups is 1. The maximum atomic E-state index is 12.3. The predicted octanol–water partition coefficient (Wildman–Crippen LogP) is 5.27. The number of hydrogen-bond donors (Lipinski definition) is 2. The second kappa shape index (κ2) is 8.69. The molecule has 0 radical (unpaired) electrons. The summed E-state index contributed by atoms with van der Waals surface area (Å²) < 4.78 is 12.0. The third kappa shape index (κ3) is 6.15. The topological polar surface area (TPSA) is 58.2 Å². The smallest absolute Gasteiger partial charge is 0.319 e. The average Bonchev–Trinajstić information content (AvgIpc) is 2.54. The number of halogens is 1. The largest absolute Gasteiger partial charge is 0.331 e. The molecule has 2 amide bonds. The van der Waals surface area contributed by atoms with Gasteiger partial charge in [0.1, 0.15) is 0 Å². The minimum atomic E-state index is -0.986. The van der Waals surface area contributed by atoms with Gasteiger partial charge < -0.3 is 10.6 Å². The zero-order chi connectivity index (χ0) is 19.3. The summed E-state index contributed by atoms with van der Waals surface area (Å²) in [6.45, 7) is 7.76. The molecule has 2 aromatic carbocycles. The van der Waals surface area contributed by atoms with E-state index in [9.17, 15) is 9.00 Å². The van der Waals surface area contributed by atoms with Gasteiger partial charge in [-0.25, -0.2) is 4.79 Å². The van der Waals surface area contributed by atoms with Gasteiger partial charge in [0.15, 0.2) is 0 Å². The molecule has 0 heterocycles. The summed E-state index contributed by atoms with van der Waals surface area (Å²) >= 11 is 5.99. The van der Waals surface area contributed by atoms with Gasteiger partial charge in [-0.05, 0) is 63.1 Å². The summed E-state index contributed by atoms with van der Waals surface area (Å²) in [4.78, 5) is 12.3. The minimum Gasteiger partial charge on any atom is -0.331 e. The van der Waals surface area contributed by atoms with E-state index in [4.69, 9.17) is 11.6 Å². The van der Waals surface area contributed by atoms with Gasteiger partial charge in [-0.2, -0.15) is 0 Å². The Morgan fingerprint density at radius 2 is 1.85 bits per heavy atom. The van der Waals surface area contributed by atoms with Crippen LogP contribution in [0.15, 0.2) is 48.5 Å². The average molecular weight is 393 g/mol. The van der Waals surface area contributed by atoms with Crippen molar-refractivity contribution < 1.29 is 9.00 Å². The van der Waals surface area contributed by atoms with E-state index in [2.05, 4.69) is 10.6 Å². The van der Waals surface area contributed by atoms with Crippen LogP contribution < -0.4 is 10.6 Å². The van der Waals surface area contributed by atoms with E-state index < -0.39 is 10.8 Å². The van der Waals surface area contributed by atoms with Crippen molar-refractivity contribution in [2.45, 2.75) is 44.2 Å². The fourth-order valence-corrected chi connectivity index (χ4v) is 3.44. The number of carbonyl (C=O) groups excluding carboxylic acids is 1. The number of nitrogens with one attached hydrogen (secondary N) is 2. The molecule has 4 nitrogen and oxygen atoms in total. The fraction of sp³-hybridized carbons (Fsp3) is 0.350. The molecule has 6 heteroatoms. The predicted molar refractivity (Wildman–Crippen MR) is 110 cm³/mol. The molecule has 0 aliphatic rings. The van der Waals surface area contributed by atoms with Crippen molar-refractivity contribution in [2.24, 2.45) is 0 Å². The summed E-state index contributed by atoms with van der Waals surface area (Å²) in [7, 11) is -0.986. The Kier molecular flexibility index (Phi) is 6.84. The van der Waals surface area contributed by atoms with Crippen LogP contribution >= 0.6 is 11.6 Å². The molecule has 0 spiro atoms. The molecule has 0 saturated carbocycles. The molecule has 0 aromatic heterocycles. The van der Waals surface area contributed by atoms with Crippen LogP contribution in [0.3, 0.4) is 0 Å². The first-order valence-corrected chi connectivity index (χ1v) is 10.2. The van der Waals surface area contributed by atoms with Gasteiger partial charge in [0, 0.05) is 32.0 Å². The van der Waals surface area contributed by atoms with Crippen LogP contribution in [0, 0.1) is 0 Å². The van der Waals surface area contributed by atoms with Crippen LogP contribution in [0.2, 0.25) is 5.02 Å². The number of benzene rings is 2. The van der Waals surface area contributed by atoms with Crippen molar-refractivity contribution in [1.82, 2.24) is 5.32 Å². The number of carbonyl (C=O) groups is 1. The Morgan fingerprint density at radius 1 is 1.15 bits per heavy atom. The van der Waals surface area contributed by atoms with Gasteiger partial charge in [0.2, 0.25) is 0 Å². The summed E-state index contributed by atoms with van der Waals surface area (Å²) in [5.41, 5.74) is 2.53. The zero-order valence-corrected chi connectivity index (χ0v) is 17.1. The lowest BCUT2D eigenvalue weighted by Crippen LogP contribution is -2.31. The molecule has 140 valence electrons. The maximum Gasteiger partial charge on any atom is 0.319 e. The van der Waals surface area contributed by atoms with Crippen molar-refractivity contribution in [2.75, 3.05) is 5.32 Å². The van der Waals surface area contributed by atoms with E-state index in [-0.39, 0.29) is 16.8 Å². The van der Waals surface area contributed by atoms with Gasteiger partial charge in [0.25, 0.3) is 0 Å². The zero-order valence-electron chi connectivity index (χ0n) is 15.5. The van der Waals surface area contributed by atoms with E-state index in [1.807, 2.05) is 70.2 Å². The second-order valence-electron chi connectivity index (χ2n) is 7.18. The van der Waals surface area contributed by atoms with Crippen molar-refractivity contribution >= 4 is 34.1 Å². The fourth-order valence-electron chi connectivity index (χ4n) is 2.33. The molecule has 0 aliphatic heterocycles. The molecular weight excluding hydrogens is 368 g/mol. The third-order valence-corrected chi connectivity index (χ3v) is 6.06. The minimum absolute atomic E-state index is 0.176. The molecule has 2 N–H and O–H groups in total. The Labute approximate surface area is 162 Å². The van der Waals surface area contributed by atoms with Crippen LogP contribution in [0.1, 0.15) is 44.9 Å². The number of anilines is 1. The Bertz CT molecular complexity index is 802.